The third-order valence-corrected chi connectivity index (χ3v) is 1.10. The average molecular weight is 182 g/mol. The van der Waals surface area contributed by atoms with E-state index in [-0.39, 0.29) is 24.8 Å². The Labute approximate surface area is 72.4 Å². The van der Waals surface area contributed by atoms with Crippen molar-refractivity contribution in [1.82, 2.24) is 9.55 Å². The number of nitrogens with zero attached hydrogens (tertiary/aromatic N) is 2. The van der Waals surface area contributed by atoms with Gasteiger partial charge in [0.2, 0.25) is 0 Å². The third-order valence-electron chi connectivity index (χ3n) is 1.10. The van der Waals surface area contributed by atoms with E-state index in [1.165, 1.54) is 0 Å². The molecule has 2 N–H and O–H groups in total. The molecular weight excluding hydrogens is 173 g/mol. The molecular formula is C5H9Cl2N3-2. The maximum Gasteiger partial charge on any atom is 0.122 e. The van der Waals surface area contributed by atoms with E-state index >= 15 is 0 Å². The Morgan fingerprint density at radius 1 is 1.60 bits per heavy atom. The number of imidazole rings is 1. The highest BCUT2D eigenvalue weighted by Gasteiger charge is 1.90. The summed E-state index contributed by atoms with van der Waals surface area (Å²) in [6.45, 7) is 0.517. The molecule has 60 valence electrons. The molecule has 1 aromatic rings. The molecule has 0 aliphatic heterocycles. The minimum Gasteiger partial charge on any atom is -1.00 e. The van der Waals surface area contributed by atoms with Gasteiger partial charge in [0.25, 0.3) is 0 Å². The predicted molar refractivity (Wildman–Crippen MR) is 31.1 cm³/mol. The van der Waals surface area contributed by atoms with Crippen molar-refractivity contribution in [2.45, 2.75) is 6.54 Å². The van der Waals surface area contributed by atoms with Crippen molar-refractivity contribution >= 4 is 0 Å². The van der Waals surface area contributed by atoms with Crippen LogP contribution >= 0.6 is 0 Å². The van der Waals surface area contributed by atoms with Gasteiger partial charge >= 0.3 is 0 Å². The quantitative estimate of drug-likeness (QED) is 0.469. The van der Waals surface area contributed by atoms with Crippen LogP contribution in [0.5, 0.6) is 0 Å². The summed E-state index contributed by atoms with van der Waals surface area (Å²) in [7, 11) is 1.93. The van der Waals surface area contributed by atoms with Gasteiger partial charge in [0.1, 0.15) is 5.82 Å². The molecule has 0 saturated carbocycles. The highest BCUT2D eigenvalue weighted by atomic mass is 35.5. The Kier molecular flexibility index (Phi) is 6.87. The van der Waals surface area contributed by atoms with Crippen LogP contribution in [0.1, 0.15) is 5.82 Å². The zero-order valence-corrected chi connectivity index (χ0v) is 7.10. The third kappa shape index (κ3) is 2.56. The monoisotopic (exact) mass is 181 g/mol. The second kappa shape index (κ2) is 5.53. The van der Waals surface area contributed by atoms with Gasteiger partial charge in [-0.05, 0) is 0 Å². The molecule has 1 rings (SSSR count). The van der Waals surface area contributed by atoms with Crippen LogP contribution in [0.2, 0.25) is 0 Å². The van der Waals surface area contributed by atoms with E-state index in [0.717, 1.165) is 5.82 Å². The van der Waals surface area contributed by atoms with Gasteiger partial charge in [0, 0.05) is 19.4 Å². The lowest BCUT2D eigenvalue weighted by molar-refractivity contribution is -0.001000. The lowest BCUT2D eigenvalue weighted by atomic mass is 10.6. The molecule has 0 radical (unpaired) electrons. The number of nitrogens with two attached hydrogens (primary N) is 1. The molecule has 0 fully saturated rings. The smallest absolute Gasteiger partial charge is 0.122 e. The second-order valence-corrected chi connectivity index (χ2v) is 1.66. The molecule has 0 bridgehead atoms. The maximum absolute atomic E-state index is 5.31. The van der Waals surface area contributed by atoms with Crippen molar-refractivity contribution in [3.05, 3.63) is 18.2 Å². The molecule has 1 heterocycles. The zero-order valence-electron chi connectivity index (χ0n) is 5.59. The first-order chi connectivity index (χ1) is 3.84. The van der Waals surface area contributed by atoms with Crippen molar-refractivity contribution < 1.29 is 24.8 Å². The lowest BCUT2D eigenvalue weighted by Crippen LogP contribution is -3.00. The van der Waals surface area contributed by atoms with Gasteiger partial charge in [-0.25, -0.2) is 4.98 Å². The molecule has 0 aliphatic carbocycles. The van der Waals surface area contributed by atoms with Gasteiger partial charge < -0.3 is 35.1 Å². The summed E-state index contributed by atoms with van der Waals surface area (Å²) in [5.74, 6) is 0.921. The number of aromatic nitrogens is 2. The van der Waals surface area contributed by atoms with E-state index in [0.29, 0.717) is 6.54 Å². The van der Waals surface area contributed by atoms with Crippen molar-refractivity contribution in [1.29, 1.82) is 0 Å². The molecule has 0 saturated heterocycles. The van der Waals surface area contributed by atoms with E-state index in [9.17, 15) is 0 Å². The molecule has 5 heteroatoms. The highest BCUT2D eigenvalue weighted by Crippen LogP contribution is 1.89. The average Bonchev–Trinajstić information content (AvgIpc) is 2.14. The van der Waals surface area contributed by atoms with Crippen molar-refractivity contribution in [3.63, 3.8) is 0 Å². The molecule has 0 atom stereocenters. The van der Waals surface area contributed by atoms with Gasteiger partial charge in [-0.1, -0.05) is 0 Å². The number of rotatable bonds is 1. The molecule has 0 spiro atoms. The van der Waals surface area contributed by atoms with Crippen LogP contribution in [-0.4, -0.2) is 9.55 Å². The molecule has 0 amide bonds. The fourth-order valence-electron chi connectivity index (χ4n) is 0.593. The van der Waals surface area contributed by atoms with Gasteiger partial charge in [-0.15, -0.1) is 0 Å². The van der Waals surface area contributed by atoms with Crippen LogP contribution in [0.15, 0.2) is 12.4 Å². The zero-order chi connectivity index (χ0) is 5.98. The lowest BCUT2D eigenvalue weighted by Gasteiger charge is -1.92. The number of hydrogen-bond acceptors (Lipinski definition) is 2. The largest absolute Gasteiger partial charge is 1.00 e. The Morgan fingerprint density at radius 3 is 2.40 bits per heavy atom. The van der Waals surface area contributed by atoms with E-state index in [1.807, 2.05) is 17.8 Å². The minimum absolute atomic E-state index is 0. The van der Waals surface area contributed by atoms with Crippen LogP contribution in [-0.2, 0) is 13.6 Å². The SMILES string of the molecule is Cn1ccnc1CN.[Cl-].[Cl-]. The molecule has 3 nitrogen and oxygen atoms in total. The number of hydrogen-bond donors (Lipinski definition) is 1. The minimum atomic E-state index is 0. The molecule has 10 heavy (non-hydrogen) atoms. The van der Waals surface area contributed by atoms with E-state index in [1.54, 1.807) is 6.20 Å². The standard InChI is InChI=1S/C5H9N3.2ClH/c1-8-3-2-7-5(8)4-6;;/h2-3H,4,6H2,1H3;2*1H/p-2. The summed E-state index contributed by atoms with van der Waals surface area (Å²) in [5, 5.41) is 0. The number of halogens is 2. The van der Waals surface area contributed by atoms with Gasteiger partial charge in [-0.3, -0.25) is 0 Å². The Bertz CT molecular complexity index is 175. The summed E-state index contributed by atoms with van der Waals surface area (Å²) in [6, 6.07) is 0. The maximum atomic E-state index is 5.31. The van der Waals surface area contributed by atoms with Crippen LogP contribution < -0.4 is 30.5 Å². The van der Waals surface area contributed by atoms with E-state index < -0.39 is 0 Å². The van der Waals surface area contributed by atoms with Crippen LogP contribution in [0, 0.1) is 0 Å². The molecule has 1 aromatic heterocycles. The normalized spacial score (nSPS) is 7.80. The summed E-state index contributed by atoms with van der Waals surface area (Å²) in [6.07, 6.45) is 3.62. The fourth-order valence-corrected chi connectivity index (χ4v) is 0.593. The Morgan fingerprint density at radius 2 is 2.20 bits per heavy atom. The summed E-state index contributed by atoms with van der Waals surface area (Å²) in [4.78, 5) is 3.97. The molecule has 0 aromatic carbocycles. The first-order valence-corrected chi connectivity index (χ1v) is 2.51. The van der Waals surface area contributed by atoms with E-state index in [2.05, 4.69) is 4.98 Å². The number of aryl methyl sites for hydroxylation is 1. The fraction of sp³-hybridized carbons (Fsp3) is 0.400. The van der Waals surface area contributed by atoms with Crippen molar-refractivity contribution in [2.24, 2.45) is 12.8 Å². The first kappa shape index (κ1) is 12.4. The van der Waals surface area contributed by atoms with Crippen LogP contribution in [0.3, 0.4) is 0 Å². The summed E-state index contributed by atoms with van der Waals surface area (Å²) >= 11 is 0. The topological polar surface area (TPSA) is 43.8 Å². The summed E-state index contributed by atoms with van der Waals surface area (Å²) in [5.41, 5.74) is 5.31. The molecule has 0 unspecified atom stereocenters. The van der Waals surface area contributed by atoms with E-state index in [4.69, 9.17) is 5.73 Å². The van der Waals surface area contributed by atoms with Gasteiger partial charge in [-0.2, -0.15) is 0 Å². The van der Waals surface area contributed by atoms with Crippen LogP contribution in [0.25, 0.3) is 0 Å². The first-order valence-electron chi connectivity index (χ1n) is 2.51. The highest BCUT2D eigenvalue weighted by molar-refractivity contribution is 4.88. The van der Waals surface area contributed by atoms with Crippen LogP contribution in [0.4, 0.5) is 0 Å². The van der Waals surface area contributed by atoms with Crippen molar-refractivity contribution in [3.8, 4) is 0 Å². The Hall–Kier alpha value is -0.250. The summed E-state index contributed by atoms with van der Waals surface area (Å²) < 4.78 is 1.90. The molecule has 0 aliphatic rings. The Balaban J connectivity index is 0. The van der Waals surface area contributed by atoms with Gasteiger partial charge in [0.05, 0.1) is 6.54 Å². The van der Waals surface area contributed by atoms with Crippen molar-refractivity contribution in [2.75, 3.05) is 0 Å². The second-order valence-electron chi connectivity index (χ2n) is 1.66. The predicted octanol–water partition coefficient (Wildman–Crippen LogP) is -6.11. The van der Waals surface area contributed by atoms with Gasteiger partial charge in [0.15, 0.2) is 0 Å².